The summed E-state index contributed by atoms with van der Waals surface area (Å²) in [6.45, 7) is 1.30. The molecule has 0 spiro atoms. The summed E-state index contributed by atoms with van der Waals surface area (Å²) in [4.78, 5) is 25.6. The number of rotatable bonds is 4. The molecule has 0 bridgehead atoms. The van der Waals surface area contributed by atoms with Crippen molar-refractivity contribution in [3.63, 3.8) is 0 Å². The molecule has 0 aliphatic carbocycles. The average molecular weight is 346 g/mol. The van der Waals surface area contributed by atoms with Gasteiger partial charge in [0, 0.05) is 18.5 Å². The number of ether oxygens (including phenoxy) is 2. The van der Waals surface area contributed by atoms with Crippen LogP contribution >= 0.6 is 0 Å². The third-order valence-corrected chi connectivity index (χ3v) is 4.44. The molecule has 2 heterocycles. The lowest BCUT2D eigenvalue weighted by atomic mass is 9.97. The predicted molar refractivity (Wildman–Crippen MR) is 91.3 cm³/mol. The van der Waals surface area contributed by atoms with Crippen LogP contribution in [0.5, 0.6) is 5.75 Å². The molecule has 2 amide bonds. The monoisotopic (exact) mass is 346 g/mol. The van der Waals surface area contributed by atoms with Gasteiger partial charge in [0.1, 0.15) is 5.76 Å². The summed E-state index contributed by atoms with van der Waals surface area (Å²) in [7, 11) is 2.94. The van der Waals surface area contributed by atoms with E-state index in [2.05, 4.69) is 5.32 Å². The SMILES string of the molecule is COC(=O)N1CCC[C@@H](C(=O)NCc2cc3cccc(OC)c3o2)C1. The first-order valence-corrected chi connectivity index (χ1v) is 8.28. The van der Waals surface area contributed by atoms with Gasteiger partial charge in [-0.3, -0.25) is 4.79 Å². The molecule has 1 aliphatic heterocycles. The zero-order valence-electron chi connectivity index (χ0n) is 14.4. The molecule has 1 atom stereocenters. The molecule has 134 valence electrons. The van der Waals surface area contributed by atoms with Crippen molar-refractivity contribution in [3.05, 3.63) is 30.0 Å². The van der Waals surface area contributed by atoms with E-state index < -0.39 is 0 Å². The molecule has 2 aromatic rings. The number of fused-ring (bicyclic) bond motifs is 1. The molecule has 3 rings (SSSR count). The van der Waals surface area contributed by atoms with Crippen LogP contribution in [0.15, 0.2) is 28.7 Å². The fourth-order valence-electron chi connectivity index (χ4n) is 3.14. The Bertz CT molecular complexity index is 770. The van der Waals surface area contributed by atoms with E-state index in [-0.39, 0.29) is 17.9 Å². The number of piperidine rings is 1. The number of carbonyl (C=O) groups excluding carboxylic acids is 2. The molecule has 1 fully saturated rings. The minimum Gasteiger partial charge on any atom is -0.493 e. The van der Waals surface area contributed by atoms with Gasteiger partial charge in [0.25, 0.3) is 0 Å². The molecule has 0 unspecified atom stereocenters. The Kier molecular flexibility index (Phi) is 5.11. The van der Waals surface area contributed by atoms with Gasteiger partial charge in [-0.15, -0.1) is 0 Å². The number of hydrogen-bond acceptors (Lipinski definition) is 5. The lowest BCUT2D eigenvalue weighted by Crippen LogP contribution is -2.45. The molecule has 1 aromatic heterocycles. The summed E-state index contributed by atoms with van der Waals surface area (Å²) in [5.74, 6) is 1.01. The van der Waals surface area contributed by atoms with E-state index in [0.29, 0.717) is 36.7 Å². The van der Waals surface area contributed by atoms with E-state index in [1.165, 1.54) is 7.11 Å². The highest BCUT2D eigenvalue weighted by Crippen LogP contribution is 2.28. The van der Waals surface area contributed by atoms with Crippen molar-refractivity contribution in [2.45, 2.75) is 19.4 Å². The Hall–Kier alpha value is -2.70. The van der Waals surface area contributed by atoms with Gasteiger partial charge < -0.3 is 24.1 Å². The summed E-state index contributed by atoms with van der Waals surface area (Å²) in [6, 6.07) is 7.54. The van der Waals surface area contributed by atoms with Crippen molar-refractivity contribution in [2.24, 2.45) is 5.92 Å². The van der Waals surface area contributed by atoms with Crippen molar-refractivity contribution in [2.75, 3.05) is 27.3 Å². The minimum absolute atomic E-state index is 0.0824. The Labute approximate surface area is 145 Å². The van der Waals surface area contributed by atoms with Crippen LogP contribution in [0.2, 0.25) is 0 Å². The van der Waals surface area contributed by atoms with Gasteiger partial charge in [-0.2, -0.15) is 0 Å². The number of para-hydroxylation sites is 1. The van der Waals surface area contributed by atoms with Gasteiger partial charge in [-0.25, -0.2) is 4.79 Å². The summed E-state index contributed by atoms with van der Waals surface area (Å²) in [5, 5.41) is 3.82. The number of hydrogen-bond donors (Lipinski definition) is 1. The highest BCUT2D eigenvalue weighted by molar-refractivity contribution is 5.84. The van der Waals surface area contributed by atoms with Crippen LogP contribution in [-0.4, -0.2) is 44.2 Å². The van der Waals surface area contributed by atoms with Crippen LogP contribution in [0.25, 0.3) is 11.0 Å². The van der Waals surface area contributed by atoms with Crippen LogP contribution in [-0.2, 0) is 16.1 Å². The molecular weight excluding hydrogens is 324 g/mol. The average Bonchev–Trinajstić information content (AvgIpc) is 3.08. The quantitative estimate of drug-likeness (QED) is 0.920. The Balaban J connectivity index is 1.61. The Morgan fingerprint density at radius 1 is 1.36 bits per heavy atom. The Morgan fingerprint density at radius 2 is 2.20 bits per heavy atom. The van der Waals surface area contributed by atoms with Gasteiger partial charge in [0.15, 0.2) is 11.3 Å². The van der Waals surface area contributed by atoms with Crippen molar-refractivity contribution in [3.8, 4) is 5.75 Å². The first-order valence-electron chi connectivity index (χ1n) is 8.28. The number of benzene rings is 1. The van der Waals surface area contributed by atoms with Crippen LogP contribution in [0, 0.1) is 5.92 Å². The molecule has 25 heavy (non-hydrogen) atoms. The summed E-state index contributed by atoms with van der Waals surface area (Å²) in [5.41, 5.74) is 0.670. The lowest BCUT2D eigenvalue weighted by molar-refractivity contribution is -0.126. The maximum absolute atomic E-state index is 12.4. The van der Waals surface area contributed by atoms with E-state index in [1.54, 1.807) is 12.0 Å². The number of nitrogens with one attached hydrogen (secondary N) is 1. The smallest absolute Gasteiger partial charge is 0.409 e. The molecule has 7 heteroatoms. The summed E-state index contributed by atoms with van der Waals surface area (Å²) in [6.07, 6.45) is 1.16. The third-order valence-electron chi connectivity index (χ3n) is 4.44. The molecular formula is C18H22N2O5. The number of likely N-dealkylation sites (tertiary alicyclic amines) is 1. The Morgan fingerprint density at radius 3 is 2.96 bits per heavy atom. The highest BCUT2D eigenvalue weighted by Gasteiger charge is 2.28. The number of methoxy groups -OCH3 is 2. The van der Waals surface area contributed by atoms with Crippen molar-refractivity contribution < 1.29 is 23.5 Å². The fraction of sp³-hybridized carbons (Fsp3) is 0.444. The maximum Gasteiger partial charge on any atom is 0.409 e. The minimum atomic E-state index is -0.387. The second kappa shape index (κ2) is 7.46. The predicted octanol–water partition coefficient (Wildman–Crippen LogP) is 2.54. The zero-order chi connectivity index (χ0) is 17.8. The topological polar surface area (TPSA) is 81.0 Å². The third kappa shape index (κ3) is 3.70. The van der Waals surface area contributed by atoms with E-state index >= 15 is 0 Å². The number of furan rings is 1. The normalized spacial score (nSPS) is 17.4. The highest BCUT2D eigenvalue weighted by atomic mass is 16.5. The number of carbonyl (C=O) groups is 2. The van der Waals surface area contributed by atoms with Crippen LogP contribution in [0.4, 0.5) is 4.79 Å². The fourth-order valence-corrected chi connectivity index (χ4v) is 3.14. The zero-order valence-corrected chi connectivity index (χ0v) is 14.4. The maximum atomic E-state index is 12.4. The van der Waals surface area contributed by atoms with Crippen molar-refractivity contribution >= 4 is 23.0 Å². The van der Waals surface area contributed by atoms with Crippen LogP contribution < -0.4 is 10.1 Å². The second-order valence-electron chi connectivity index (χ2n) is 6.06. The molecule has 1 aromatic carbocycles. The van der Waals surface area contributed by atoms with Crippen LogP contribution in [0.3, 0.4) is 0 Å². The summed E-state index contributed by atoms with van der Waals surface area (Å²) < 4.78 is 15.8. The molecule has 7 nitrogen and oxygen atoms in total. The molecule has 1 aliphatic rings. The van der Waals surface area contributed by atoms with Gasteiger partial charge in [0.05, 0.1) is 26.7 Å². The van der Waals surface area contributed by atoms with E-state index in [0.717, 1.165) is 18.2 Å². The second-order valence-corrected chi connectivity index (χ2v) is 6.06. The van der Waals surface area contributed by atoms with Crippen molar-refractivity contribution in [1.29, 1.82) is 0 Å². The molecule has 1 N–H and O–H groups in total. The first kappa shape index (κ1) is 17.1. The summed E-state index contributed by atoms with van der Waals surface area (Å²) >= 11 is 0. The first-order chi connectivity index (χ1) is 12.1. The lowest BCUT2D eigenvalue weighted by Gasteiger charge is -2.30. The number of amides is 2. The van der Waals surface area contributed by atoms with Crippen LogP contribution in [0.1, 0.15) is 18.6 Å². The van der Waals surface area contributed by atoms with Gasteiger partial charge in [0.2, 0.25) is 5.91 Å². The van der Waals surface area contributed by atoms with E-state index in [1.807, 2.05) is 24.3 Å². The van der Waals surface area contributed by atoms with E-state index in [4.69, 9.17) is 13.9 Å². The number of nitrogens with zero attached hydrogens (tertiary/aromatic N) is 1. The standard InChI is InChI=1S/C18H22N2O5/c1-23-15-7-3-5-12-9-14(25-16(12)15)10-19-17(21)13-6-4-8-20(11-13)18(22)24-2/h3,5,7,9,13H,4,6,8,10-11H2,1-2H3,(H,19,21)/t13-/m1/s1. The largest absolute Gasteiger partial charge is 0.493 e. The molecule has 0 radical (unpaired) electrons. The van der Waals surface area contributed by atoms with Gasteiger partial charge >= 0.3 is 6.09 Å². The van der Waals surface area contributed by atoms with Gasteiger partial charge in [-0.05, 0) is 25.0 Å². The van der Waals surface area contributed by atoms with E-state index in [9.17, 15) is 9.59 Å². The van der Waals surface area contributed by atoms with Gasteiger partial charge in [-0.1, -0.05) is 12.1 Å². The molecule has 1 saturated heterocycles. The van der Waals surface area contributed by atoms with Crippen molar-refractivity contribution in [1.82, 2.24) is 10.2 Å². The molecule has 0 saturated carbocycles.